The van der Waals surface area contributed by atoms with Crippen LogP contribution < -0.4 is 14.8 Å². The number of amides is 1. The molecule has 1 N–H and O–H groups in total. The second-order valence-electron chi connectivity index (χ2n) is 8.00. The Hall–Kier alpha value is -2.49. The zero-order valence-electron chi connectivity index (χ0n) is 16.8. The average Bonchev–Trinajstić information content (AvgIpc) is 2.57. The third-order valence-electron chi connectivity index (χ3n) is 4.83. The highest BCUT2D eigenvalue weighted by molar-refractivity contribution is 5.81. The first kappa shape index (κ1) is 19.3. The number of carbonyl (C=O) groups excluding carboxylic acids is 1. The van der Waals surface area contributed by atoms with Crippen molar-refractivity contribution in [1.82, 2.24) is 5.32 Å². The molecule has 0 aromatic heterocycles. The van der Waals surface area contributed by atoms with Crippen LogP contribution in [0.5, 0.6) is 11.5 Å². The van der Waals surface area contributed by atoms with E-state index in [4.69, 9.17) is 9.47 Å². The summed E-state index contributed by atoms with van der Waals surface area (Å²) in [6, 6.07) is 13.8. The maximum absolute atomic E-state index is 13.0. The highest BCUT2D eigenvalue weighted by atomic mass is 16.5. The largest absolute Gasteiger partial charge is 0.487 e. The number of fused-ring (bicyclic) bond motifs is 1. The molecule has 2 unspecified atom stereocenters. The number of aryl methyl sites for hydroxylation is 2. The van der Waals surface area contributed by atoms with E-state index in [0.29, 0.717) is 6.42 Å². The van der Waals surface area contributed by atoms with Gasteiger partial charge in [0.1, 0.15) is 17.1 Å². The van der Waals surface area contributed by atoms with Crippen molar-refractivity contribution in [3.63, 3.8) is 0 Å². The summed E-state index contributed by atoms with van der Waals surface area (Å²) in [4.78, 5) is 13.0. The molecule has 1 aliphatic heterocycles. The van der Waals surface area contributed by atoms with E-state index in [-0.39, 0.29) is 17.6 Å². The number of para-hydroxylation sites is 1. The summed E-state index contributed by atoms with van der Waals surface area (Å²) < 4.78 is 12.1. The molecule has 0 radical (unpaired) electrons. The van der Waals surface area contributed by atoms with Crippen LogP contribution in [0.15, 0.2) is 42.5 Å². The van der Waals surface area contributed by atoms with E-state index in [9.17, 15) is 4.79 Å². The molecule has 0 bridgehead atoms. The van der Waals surface area contributed by atoms with Crippen LogP contribution in [0.4, 0.5) is 0 Å². The molecule has 2 aromatic rings. The van der Waals surface area contributed by atoms with Gasteiger partial charge in [-0.1, -0.05) is 31.2 Å². The topological polar surface area (TPSA) is 47.6 Å². The number of rotatable bonds is 5. The van der Waals surface area contributed by atoms with E-state index >= 15 is 0 Å². The van der Waals surface area contributed by atoms with Gasteiger partial charge in [-0.15, -0.1) is 0 Å². The first-order valence-electron chi connectivity index (χ1n) is 9.60. The molecule has 0 saturated carbocycles. The van der Waals surface area contributed by atoms with Gasteiger partial charge in [0.05, 0.1) is 6.04 Å². The van der Waals surface area contributed by atoms with Crippen LogP contribution in [0, 0.1) is 13.8 Å². The van der Waals surface area contributed by atoms with E-state index < -0.39 is 6.10 Å². The van der Waals surface area contributed by atoms with Crippen molar-refractivity contribution in [2.75, 3.05) is 0 Å². The normalized spacial score (nSPS) is 18.8. The third kappa shape index (κ3) is 4.62. The number of nitrogens with one attached hydrogen (secondary N) is 1. The maximum Gasteiger partial charge on any atom is 0.261 e. The van der Waals surface area contributed by atoms with Gasteiger partial charge in [0.2, 0.25) is 0 Å². The molecule has 0 fully saturated rings. The van der Waals surface area contributed by atoms with Crippen molar-refractivity contribution >= 4 is 5.91 Å². The Labute approximate surface area is 161 Å². The summed E-state index contributed by atoms with van der Waals surface area (Å²) in [6.45, 7) is 10.1. The van der Waals surface area contributed by atoms with Gasteiger partial charge in [0.25, 0.3) is 5.91 Å². The smallest absolute Gasteiger partial charge is 0.261 e. The van der Waals surface area contributed by atoms with E-state index in [1.54, 1.807) is 0 Å². The maximum atomic E-state index is 13.0. The molecule has 3 rings (SSSR count). The second kappa shape index (κ2) is 7.63. The predicted molar refractivity (Wildman–Crippen MR) is 107 cm³/mol. The Morgan fingerprint density at radius 3 is 2.56 bits per heavy atom. The highest BCUT2D eigenvalue weighted by Crippen LogP contribution is 2.39. The van der Waals surface area contributed by atoms with Crippen molar-refractivity contribution in [3.8, 4) is 11.5 Å². The highest BCUT2D eigenvalue weighted by Gasteiger charge is 2.35. The number of hydrogen-bond donors (Lipinski definition) is 1. The molecule has 1 amide bonds. The fraction of sp³-hybridized carbons (Fsp3) is 0.435. The third-order valence-corrected chi connectivity index (χ3v) is 4.83. The van der Waals surface area contributed by atoms with E-state index in [1.165, 1.54) is 0 Å². The minimum Gasteiger partial charge on any atom is -0.487 e. The van der Waals surface area contributed by atoms with Gasteiger partial charge in [-0.25, -0.2) is 0 Å². The number of ether oxygens (including phenoxy) is 2. The Morgan fingerprint density at radius 1 is 1.22 bits per heavy atom. The molecular weight excluding hydrogens is 338 g/mol. The molecule has 27 heavy (non-hydrogen) atoms. The van der Waals surface area contributed by atoms with Crippen molar-refractivity contribution < 1.29 is 14.3 Å². The summed E-state index contributed by atoms with van der Waals surface area (Å²) >= 11 is 0. The zero-order valence-corrected chi connectivity index (χ0v) is 16.8. The lowest BCUT2D eigenvalue weighted by Crippen LogP contribution is -2.45. The van der Waals surface area contributed by atoms with Gasteiger partial charge < -0.3 is 14.8 Å². The van der Waals surface area contributed by atoms with Gasteiger partial charge in [-0.2, -0.15) is 0 Å². The molecule has 4 nitrogen and oxygen atoms in total. The molecule has 2 aromatic carbocycles. The van der Waals surface area contributed by atoms with E-state index in [2.05, 4.69) is 11.4 Å². The number of carbonyl (C=O) groups is 1. The molecule has 4 heteroatoms. The minimum atomic E-state index is -0.524. The Morgan fingerprint density at radius 2 is 1.89 bits per heavy atom. The van der Waals surface area contributed by atoms with Crippen LogP contribution >= 0.6 is 0 Å². The molecule has 144 valence electrons. The molecule has 0 spiro atoms. The predicted octanol–water partition coefficient (Wildman–Crippen LogP) is 4.88. The Kier molecular flexibility index (Phi) is 5.45. The van der Waals surface area contributed by atoms with Crippen LogP contribution in [-0.2, 0) is 4.79 Å². The van der Waals surface area contributed by atoms with Gasteiger partial charge >= 0.3 is 0 Å². The lowest BCUT2D eigenvalue weighted by Gasteiger charge is -2.38. The second-order valence-corrected chi connectivity index (χ2v) is 8.00. The molecule has 1 aliphatic rings. The molecule has 0 aliphatic carbocycles. The van der Waals surface area contributed by atoms with Crippen LogP contribution in [0.1, 0.15) is 56.3 Å². The van der Waals surface area contributed by atoms with Crippen molar-refractivity contribution in [2.24, 2.45) is 0 Å². The monoisotopic (exact) mass is 367 g/mol. The SMILES string of the molecule is CCC(Oc1cc(C)cc(C)c1)C(=O)NC1CC(C)(C)Oc2ccccc21. The average molecular weight is 367 g/mol. The summed E-state index contributed by atoms with van der Waals surface area (Å²) in [7, 11) is 0. The number of benzene rings is 2. The molecule has 1 heterocycles. The summed E-state index contributed by atoms with van der Waals surface area (Å²) in [5, 5.41) is 3.19. The fourth-order valence-electron chi connectivity index (χ4n) is 3.68. The van der Waals surface area contributed by atoms with E-state index in [1.807, 2.05) is 71.0 Å². The van der Waals surface area contributed by atoms with E-state index in [0.717, 1.165) is 34.6 Å². The number of hydrogen-bond acceptors (Lipinski definition) is 3. The van der Waals surface area contributed by atoms with Crippen LogP contribution in [0.2, 0.25) is 0 Å². The molecular formula is C23H29NO3. The zero-order chi connectivity index (χ0) is 19.6. The first-order chi connectivity index (χ1) is 12.8. The van der Waals surface area contributed by atoms with Gasteiger partial charge in [0, 0.05) is 12.0 Å². The van der Waals surface area contributed by atoms with Gasteiger partial charge in [-0.05, 0) is 63.4 Å². The Bertz CT molecular complexity index is 808. The van der Waals surface area contributed by atoms with Crippen LogP contribution in [-0.4, -0.2) is 17.6 Å². The standard InChI is InChI=1S/C23H29NO3/c1-6-20(26-17-12-15(2)11-16(3)13-17)22(25)24-19-14-23(4,5)27-21-10-8-7-9-18(19)21/h7-13,19-20H,6,14H2,1-5H3,(H,24,25). The first-order valence-corrected chi connectivity index (χ1v) is 9.60. The van der Waals surface area contributed by atoms with Crippen molar-refractivity contribution in [2.45, 2.75) is 65.2 Å². The summed E-state index contributed by atoms with van der Waals surface area (Å²) in [6.07, 6.45) is 0.798. The minimum absolute atomic E-state index is 0.0886. The molecule has 0 saturated heterocycles. The fourth-order valence-corrected chi connectivity index (χ4v) is 3.68. The van der Waals surface area contributed by atoms with Crippen LogP contribution in [0.25, 0.3) is 0 Å². The van der Waals surface area contributed by atoms with Gasteiger partial charge in [0.15, 0.2) is 6.10 Å². The summed E-state index contributed by atoms with van der Waals surface area (Å²) in [5.41, 5.74) is 2.94. The van der Waals surface area contributed by atoms with Crippen molar-refractivity contribution in [1.29, 1.82) is 0 Å². The quantitative estimate of drug-likeness (QED) is 0.819. The van der Waals surface area contributed by atoms with Gasteiger partial charge in [-0.3, -0.25) is 4.79 Å². The lowest BCUT2D eigenvalue weighted by atomic mass is 9.89. The van der Waals surface area contributed by atoms with Crippen molar-refractivity contribution in [3.05, 3.63) is 59.2 Å². The summed E-state index contributed by atoms with van der Waals surface area (Å²) in [5.74, 6) is 1.48. The lowest BCUT2D eigenvalue weighted by molar-refractivity contribution is -0.129. The Balaban J connectivity index is 1.76. The van der Waals surface area contributed by atoms with Crippen LogP contribution in [0.3, 0.4) is 0 Å². The molecule has 2 atom stereocenters.